The number of allylic oxidation sites excluding steroid dienone is 1. The lowest BCUT2D eigenvalue weighted by atomic mass is 9.73. The van der Waals surface area contributed by atoms with Crippen LogP contribution in [0.25, 0.3) is 0 Å². The van der Waals surface area contributed by atoms with E-state index >= 15 is 0 Å². The summed E-state index contributed by atoms with van der Waals surface area (Å²) in [5.41, 5.74) is 5.79. The molecular formula is C31H30FN5O2. The van der Waals surface area contributed by atoms with Gasteiger partial charge < -0.3 is 15.4 Å². The zero-order valence-electron chi connectivity index (χ0n) is 21.9. The van der Waals surface area contributed by atoms with Crippen molar-refractivity contribution >= 4 is 17.2 Å². The lowest BCUT2D eigenvalue weighted by molar-refractivity contribution is -0.118. The molecule has 1 unspecified atom stereocenters. The molecule has 0 amide bonds. The molecule has 6 rings (SSSR count). The Kier molecular flexibility index (Phi) is 6.38. The average Bonchev–Trinajstić information content (AvgIpc) is 3.27. The van der Waals surface area contributed by atoms with Gasteiger partial charge in [0.15, 0.2) is 5.78 Å². The quantitative estimate of drug-likeness (QED) is 0.310. The number of hydrogen-bond donors (Lipinski definition) is 2. The molecule has 1 aliphatic carbocycles. The molecule has 7 nitrogen and oxygen atoms in total. The SMILES string of the molecule is CC1(C)CC(=O)C2=C(C1)Nc1ccccc1NC2c1ccccc1OCc1cn(Cc2cccc(F)c2)nn1. The van der Waals surface area contributed by atoms with Crippen molar-refractivity contribution in [3.05, 3.63) is 113 Å². The molecule has 4 aromatic rings. The fourth-order valence-electron chi connectivity index (χ4n) is 5.43. The Bertz CT molecular complexity index is 1570. The number of aromatic nitrogens is 3. The van der Waals surface area contributed by atoms with Crippen molar-refractivity contribution in [2.24, 2.45) is 5.41 Å². The summed E-state index contributed by atoms with van der Waals surface area (Å²) >= 11 is 0. The molecule has 198 valence electrons. The summed E-state index contributed by atoms with van der Waals surface area (Å²) in [5.74, 6) is 0.517. The van der Waals surface area contributed by atoms with Gasteiger partial charge in [0, 0.05) is 23.3 Å². The first-order valence-electron chi connectivity index (χ1n) is 13.1. The molecule has 1 aliphatic heterocycles. The number of carbonyl (C=O) groups excluding carboxylic acids is 1. The van der Waals surface area contributed by atoms with Crippen LogP contribution < -0.4 is 15.4 Å². The van der Waals surface area contributed by atoms with E-state index in [-0.39, 0.29) is 29.7 Å². The molecule has 2 heterocycles. The minimum atomic E-state index is -0.375. The minimum Gasteiger partial charge on any atom is -0.487 e. The van der Waals surface area contributed by atoms with Gasteiger partial charge in [0.25, 0.3) is 0 Å². The molecule has 0 radical (unpaired) electrons. The van der Waals surface area contributed by atoms with Gasteiger partial charge >= 0.3 is 0 Å². The number of benzene rings is 3. The number of carbonyl (C=O) groups is 1. The Morgan fingerprint density at radius 2 is 1.82 bits per heavy atom. The van der Waals surface area contributed by atoms with Crippen LogP contribution in [0.2, 0.25) is 0 Å². The van der Waals surface area contributed by atoms with Gasteiger partial charge in [0.1, 0.15) is 23.9 Å². The molecule has 8 heteroatoms. The van der Waals surface area contributed by atoms with E-state index in [9.17, 15) is 9.18 Å². The Morgan fingerprint density at radius 1 is 1.03 bits per heavy atom. The monoisotopic (exact) mass is 523 g/mol. The lowest BCUT2D eigenvalue weighted by Gasteiger charge is -2.34. The maximum absolute atomic E-state index is 13.6. The largest absolute Gasteiger partial charge is 0.487 e. The molecule has 0 bridgehead atoms. The van der Waals surface area contributed by atoms with Gasteiger partial charge in [0.2, 0.25) is 0 Å². The van der Waals surface area contributed by atoms with Crippen LogP contribution in [-0.2, 0) is 17.9 Å². The fourth-order valence-corrected chi connectivity index (χ4v) is 5.43. The van der Waals surface area contributed by atoms with Crippen molar-refractivity contribution in [3.63, 3.8) is 0 Å². The van der Waals surface area contributed by atoms with Crippen LogP contribution in [0.15, 0.2) is 90.3 Å². The number of rotatable bonds is 6. The van der Waals surface area contributed by atoms with E-state index in [1.165, 1.54) is 12.1 Å². The third-order valence-electron chi connectivity index (χ3n) is 7.15. The van der Waals surface area contributed by atoms with Gasteiger partial charge in [-0.25, -0.2) is 9.07 Å². The van der Waals surface area contributed by atoms with Gasteiger partial charge in [-0.2, -0.15) is 0 Å². The molecule has 2 aliphatic rings. The number of Topliss-reactive ketones (excluding diaryl/α,β-unsaturated/α-hetero) is 1. The van der Waals surface area contributed by atoms with E-state index in [1.807, 2.05) is 54.6 Å². The van der Waals surface area contributed by atoms with E-state index in [2.05, 4.69) is 34.8 Å². The van der Waals surface area contributed by atoms with Crippen molar-refractivity contribution in [1.82, 2.24) is 15.0 Å². The normalized spacial score (nSPS) is 17.9. The molecule has 0 saturated heterocycles. The molecule has 0 spiro atoms. The number of anilines is 2. The summed E-state index contributed by atoms with van der Waals surface area (Å²) in [6, 6.07) is 21.9. The zero-order chi connectivity index (χ0) is 27.0. The highest BCUT2D eigenvalue weighted by atomic mass is 19.1. The smallest absolute Gasteiger partial charge is 0.163 e. The van der Waals surface area contributed by atoms with Crippen molar-refractivity contribution < 1.29 is 13.9 Å². The molecule has 2 N–H and O–H groups in total. The summed E-state index contributed by atoms with van der Waals surface area (Å²) in [4.78, 5) is 13.6. The third-order valence-corrected chi connectivity index (χ3v) is 7.15. The molecule has 1 atom stereocenters. The summed E-state index contributed by atoms with van der Waals surface area (Å²) in [6.45, 7) is 4.88. The summed E-state index contributed by atoms with van der Waals surface area (Å²) in [6.07, 6.45) is 3.06. The second-order valence-electron chi connectivity index (χ2n) is 10.9. The van der Waals surface area contributed by atoms with Crippen molar-refractivity contribution in [1.29, 1.82) is 0 Å². The van der Waals surface area contributed by atoms with E-state index in [0.717, 1.165) is 40.2 Å². The molecule has 0 saturated carbocycles. The number of ketones is 1. The van der Waals surface area contributed by atoms with Crippen molar-refractivity contribution in [3.8, 4) is 5.75 Å². The second kappa shape index (κ2) is 10.0. The summed E-state index contributed by atoms with van der Waals surface area (Å²) < 4.78 is 21.5. The Labute approximate surface area is 226 Å². The number of nitrogens with zero attached hydrogens (tertiary/aromatic N) is 3. The van der Waals surface area contributed by atoms with E-state index in [4.69, 9.17) is 4.74 Å². The van der Waals surface area contributed by atoms with E-state index in [0.29, 0.717) is 24.4 Å². The Hall–Kier alpha value is -4.46. The molecule has 1 aromatic heterocycles. The van der Waals surface area contributed by atoms with Crippen LogP contribution in [0.3, 0.4) is 0 Å². The highest BCUT2D eigenvalue weighted by Crippen LogP contribution is 2.46. The minimum absolute atomic E-state index is 0.125. The average molecular weight is 524 g/mol. The Morgan fingerprint density at radius 3 is 2.67 bits per heavy atom. The van der Waals surface area contributed by atoms with Crippen molar-refractivity contribution in [2.75, 3.05) is 10.6 Å². The van der Waals surface area contributed by atoms with Gasteiger partial charge in [-0.1, -0.05) is 61.5 Å². The summed E-state index contributed by atoms with van der Waals surface area (Å²) in [5, 5.41) is 15.6. The maximum atomic E-state index is 13.6. The first kappa shape index (κ1) is 24.9. The van der Waals surface area contributed by atoms with Crippen LogP contribution >= 0.6 is 0 Å². The molecule has 39 heavy (non-hydrogen) atoms. The van der Waals surface area contributed by atoms with Gasteiger partial charge in [-0.15, -0.1) is 5.10 Å². The number of halogens is 1. The third kappa shape index (κ3) is 5.27. The highest BCUT2D eigenvalue weighted by Gasteiger charge is 2.39. The fraction of sp³-hybridized carbons (Fsp3) is 0.258. The molecule has 0 fully saturated rings. The highest BCUT2D eigenvalue weighted by molar-refractivity contribution is 6.01. The van der Waals surface area contributed by atoms with Crippen LogP contribution in [0, 0.1) is 11.2 Å². The summed E-state index contributed by atoms with van der Waals surface area (Å²) in [7, 11) is 0. The number of hydrogen-bond acceptors (Lipinski definition) is 6. The van der Waals surface area contributed by atoms with E-state index in [1.54, 1.807) is 16.9 Å². The predicted molar refractivity (Wildman–Crippen MR) is 148 cm³/mol. The zero-order valence-corrected chi connectivity index (χ0v) is 21.9. The molecule has 3 aromatic carbocycles. The van der Waals surface area contributed by atoms with Crippen molar-refractivity contribution in [2.45, 2.75) is 45.9 Å². The number of ether oxygens (including phenoxy) is 1. The van der Waals surface area contributed by atoms with Crippen LogP contribution in [0.1, 0.15) is 49.6 Å². The first-order chi connectivity index (χ1) is 18.8. The lowest BCUT2D eigenvalue weighted by Crippen LogP contribution is -2.31. The predicted octanol–water partition coefficient (Wildman–Crippen LogP) is 6.27. The Balaban J connectivity index is 1.28. The number of nitrogens with one attached hydrogen (secondary N) is 2. The first-order valence-corrected chi connectivity index (χ1v) is 13.1. The second-order valence-corrected chi connectivity index (χ2v) is 10.9. The van der Waals surface area contributed by atoms with E-state index < -0.39 is 0 Å². The number of fused-ring (bicyclic) bond motifs is 1. The van der Waals surface area contributed by atoms with Gasteiger partial charge in [-0.05, 0) is 47.7 Å². The van der Waals surface area contributed by atoms with Crippen LogP contribution in [-0.4, -0.2) is 20.8 Å². The van der Waals surface area contributed by atoms with Crippen LogP contribution in [0.4, 0.5) is 15.8 Å². The topological polar surface area (TPSA) is 81.1 Å². The van der Waals surface area contributed by atoms with Gasteiger partial charge in [-0.3, -0.25) is 4.79 Å². The van der Waals surface area contributed by atoms with Crippen LogP contribution in [0.5, 0.6) is 5.75 Å². The maximum Gasteiger partial charge on any atom is 0.163 e. The van der Waals surface area contributed by atoms with Gasteiger partial charge in [0.05, 0.1) is 30.2 Å². The molecular weight excluding hydrogens is 493 g/mol. The standard InChI is InChI=1S/C31H30FN5O2/c1-31(2)15-26-29(27(38)16-31)30(34-25-12-5-4-11-24(25)33-26)23-10-3-6-13-28(23)39-19-22-18-37(36-35-22)17-20-8-7-9-21(32)14-20/h3-14,18,30,33-34H,15-17,19H2,1-2H3. The number of para-hydroxylation sites is 3.